The zero-order valence-corrected chi connectivity index (χ0v) is 10.9. The Kier molecular flexibility index (Phi) is 5.49. The maximum Gasteiger partial charge on any atom is 0.232 e. The van der Waals surface area contributed by atoms with E-state index in [0.29, 0.717) is 19.4 Å². The third kappa shape index (κ3) is 4.97. The van der Waals surface area contributed by atoms with Crippen LogP contribution in [0.1, 0.15) is 12.8 Å². The second-order valence-corrected chi connectivity index (χ2v) is 5.70. The van der Waals surface area contributed by atoms with Crippen LogP contribution in [0.2, 0.25) is 0 Å². The van der Waals surface area contributed by atoms with Crippen LogP contribution in [0.3, 0.4) is 0 Å². The highest BCUT2D eigenvalue weighted by atomic mass is 32.2. The van der Waals surface area contributed by atoms with E-state index < -0.39 is 21.7 Å². The Hall–Kier alpha value is -1.21. The molecule has 0 aromatic heterocycles. The summed E-state index contributed by atoms with van der Waals surface area (Å²) in [7, 11) is -1.87. The molecule has 102 valence electrons. The Balaban J connectivity index is 2.62. The molecule has 0 amide bonds. The number of hydrogen-bond donors (Lipinski definition) is 2. The van der Waals surface area contributed by atoms with Gasteiger partial charge in [-0.15, -0.1) is 0 Å². The van der Waals surface area contributed by atoms with Crippen LogP contribution in [0, 0.1) is 11.6 Å². The number of nitrogens with one attached hydrogen (secondary N) is 2. The van der Waals surface area contributed by atoms with Crippen molar-refractivity contribution in [2.24, 2.45) is 0 Å². The quantitative estimate of drug-likeness (QED) is 0.746. The summed E-state index contributed by atoms with van der Waals surface area (Å²) in [6.07, 6.45) is 1.15. The Bertz CT molecular complexity index is 492. The minimum absolute atomic E-state index is 0.120. The van der Waals surface area contributed by atoms with Gasteiger partial charge < -0.3 is 5.32 Å². The maximum atomic E-state index is 13.2. The summed E-state index contributed by atoms with van der Waals surface area (Å²) in [5.74, 6) is -1.61. The number of sulfonamides is 1. The molecule has 0 saturated heterocycles. The zero-order chi connectivity index (χ0) is 13.6. The van der Waals surface area contributed by atoms with Gasteiger partial charge in [0.2, 0.25) is 10.0 Å². The Morgan fingerprint density at radius 2 is 1.94 bits per heavy atom. The molecule has 0 unspecified atom stereocenters. The number of halogens is 2. The molecule has 0 saturated carbocycles. The summed E-state index contributed by atoms with van der Waals surface area (Å²) in [6, 6.07) is 2.63. The van der Waals surface area contributed by atoms with Crippen molar-refractivity contribution in [3.63, 3.8) is 0 Å². The van der Waals surface area contributed by atoms with Crippen molar-refractivity contribution in [3.05, 3.63) is 29.8 Å². The molecule has 0 bridgehead atoms. The second kappa shape index (κ2) is 6.65. The number of anilines is 1. The molecule has 0 fully saturated rings. The largest absolute Gasteiger partial charge is 0.320 e. The minimum Gasteiger partial charge on any atom is -0.320 e. The predicted octanol–water partition coefficient (Wildman–Crippen LogP) is 1.71. The summed E-state index contributed by atoms with van der Waals surface area (Å²) in [4.78, 5) is 0. The monoisotopic (exact) mass is 278 g/mol. The van der Waals surface area contributed by atoms with Crippen molar-refractivity contribution in [3.8, 4) is 0 Å². The van der Waals surface area contributed by atoms with E-state index in [1.807, 2.05) is 4.72 Å². The zero-order valence-electron chi connectivity index (χ0n) is 10.0. The average Bonchev–Trinajstić information content (AvgIpc) is 2.29. The molecule has 1 rings (SSSR count). The fraction of sp³-hybridized carbons (Fsp3) is 0.455. The molecule has 7 heteroatoms. The van der Waals surface area contributed by atoms with Gasteiger partial charge in [-0.2, -0.15) is 0 Å². The van der Waals surface area contributed by atoms with Gasteiger partial charge in [0, 0.05) is 6.07 Å². The van der Waals surface area contributed by atoms with Crippen LogP contribution in [0.5, 0.6) is 0 Å². The van der Waals surface area contributed by atoms with Gasteiger partial charge in [0.25, 0.3) is 0 Å². The van der Waals surface area contributed by atoms with Crippen molar-refractivity contribution < 1.29 is 17.2 Å². The molecular formula is C11H16F2N2O2S. The fourth-order valence-electron chi connectivity index (χ4n) is 1.39. The van der Waals surface area contributed by atoms with E-state index in [-0.39, 0.29) is 11.4 Å². The summed E-state index contributed by atoms with van der Waals surface area (Å²) in [5, 5.41) is 2.90. The van der Waals surface area contributed by atoms with E-state index in [4.69, 9.17) is 0 Å². The molecule has 0 spiro atoms. The van der Waals surface area contributed by atoms with Crippen LogP contribution in [-0.4, -0.2) is 27.8 Å². The van der Waals surface area contributed by atoms with E-state index in [0.717, 1.165) is 18.2 Å². The lowest BCUT2D eigenvalue weighted by molar-refractivity contribution is 0.590. The minimum atomic E-state index is -3.64. The molecule has 1 aromatic rings. The fourth-order valence-corrected chi connectivity index (χ4v) is 2.57. The van der Waals surface area contributed by atoms with Crippen molar-refractivity contribution in [1.29, 1.82) is 0 Å². The Morgan fingerprint density at radius 3 is 2.61 bits per heavy atom. The molecule has 18 heavy (non-hydrogen) atoms. The molecule has 0 heterocycles. The van der Waals surface area contributed by atoms with Crippen molar-refractivity contribution in [2.45, 2.75) is 12.8 Å². The molecule has 0 aliphatic heterocycles. The van der Waals surface area contributed by atoms with Gasteiger partial charge in [0.1, 0.15) is 11.6 Å². The van der Waals surface area contributed by atoms with Crippen LogP contribution < -0.4 is 10.0 Å². The normalized spacial score (nSPS) is 11.5. The highest BCUT2D eigenvalue weighted by Gasteiger charge is 2.13. The van der Waals surface area contributed by atoms with Gasteiger partial charge >= 0.3 is 0 Å². The van der Waals surface area contributed by atoms with Gasteiger partial charge in [-0.3, -0.25) is 4.72 Å². The number of unbranched alkanes of at least 4 members (excludes halogenated alkanes) is 1. The lowest BCUT2D eigenvalue weighted by Gasteiger charge is -2.08. The third-order valence-electron chi connectivity index (χ3n) is 2.28. The highest BCUT2D eigenvalue weighted by Crippen LogP contribution is 2.17. The third-order valence-corrected chi connectivity index (χ3v) is 3.64. The topological polar surface area (TPSA) is 58.2 Å². The summed E-state index contributed by atoms with van der Waals surface area (Å²) in [5.41, 5.74) is -0.358. The van der Waals surface area contributed by atoms with Crippen molar-refractivity contribution >= 4 is 15.7 Å². The van der Waals surface area contributed by atoms with Gasteiger partial charge in [0.15, 0.2) is 0 Å². The molecule has 4 nitrogen and oxygen atoms in total. The van der Waals surface area contributed by atoms with E-state index in [2.05, 4.69) is 5.32 Å². The standard InChI is InChI=1S/C11H16F2N2O2S/c1-14-6-2-3-7-18(16,17)15-11-8-9(12)4-5-10(11)13/h4-5,8,14-15H,2-3,6-7H2,1H3. The summed E-state index contributed by atoms with van der Waals surface area (Å²) >= 11 is 0. The van der Waals surface area contributed by atoms with Crippen LogP contribution in [0.25, 0.3) is 0 Å². The van der Waals surface area contributed by atoms with E-state index in [9.17, 15) is 17.2 Å². The summed E-state index contributed by atoms with van der Waals surface area (Å²) in [6.45, 7) is 0.712. The lowest BCUT2D eigenvalue weighted by atomic mass is 10.3. The van der Waals surface area contributed by atoms with E-state index in [1.165, 1.54) is 0 Å². The molecule has 0 radical (unpaired) electrons. The highest BCUT2D eigenvalue weighted by molar-refractivity contribution is 7.92. The first-order valence-electron chi connectivity index (χ1n) is 5.55. The van der Waals surface area contributed by atoms with Gasteiger partial charge in [-0.05, 0) is 38.6 Å². The smallest absolute Gasteiger partial charge is 0.232 e. The number of rotatable bonds is 7. The van der Waals surface area contributed by atoms with Crippen LogP contribution in [0.15, 0.2) is 18.2 Å². The van der Waals surface area contributed by atoms with Gasteiger partial charge in [-0.1, -0.05) is 0 Å². The van der Waals surface area contributed by atoms with Crippen molar-refractivity contribution in [2.75, 3.05) is 24.1 Å². The Labute approximate surface area is 105 Å². The Morgan fingerprint density at radius 1 is 1.22 bits per heavy atom. The van der Waals surface area contributed by atoms with Gasteiger partial charge in [-0.25, -0.2) is 17.2 Å². The molecule has 1 aromatic carbocycles. The number of benzene rings is 1. The van der Waals surface area contributed by atoms with Crippen LogP contribution >= 0.6 is 0 Å². The summed E-state index contributed by atoms with van der Waals surface area (Å²) < 4.78 is 51.4. The maximum absolute atomic E-state index is 13.2. The molecule has 2 N–H and O–H groups in total. The van der Waals surface area contributed by atoms with E-state index in [1.54, 1.807) is 7.05 Å². The molecule has 0 aliphatic rings. The average molecular weight is 278 g/mol. The predicted molar refractivity (Wildman–Crippen MR) is 66.9 cm³/mol. The number of hydrogen-bond acceptors (Lipinski definition) is 3. The van der Waals surface area contributed by atoms with E-state index >= 15 is 0 Å². The second-order valence-electron chi connectivity index (χ2n) is 3.86. The molecule has 0 aliphatic carbocycles. The molecule has 0 atom stereocenters. The SMILES string of the molecule is CNCCCCS(=O)(=O)Nc1cc(F)ccc1F. The van der Waals surface area contributed by atoms with Crippen LogP contribution in [-0.2, 0) is 10.0 Å². The first kappa shape index (κ1) is 14.8. The first-order chi connectivity index (χ1) is 8.44. The van der Waals surface area contributed by atoms with Gasteiger partial charge in [0.05, 0.1) is 11.4 Å². The molecular weight excluding hydrogens is 262 g/mol. The van der Waals surface area contributed by atoms with Crippen LogP contribution in [0.4, 0.5) is 14.5 Å². The first-order valence-corrected chi connectivity index (χ1v) is 7.20. The van der Waals surface area contributed by atoms with Crippen molar-refractivity contribution in [1.82, 2.24) is 5.32 Å². The lowest BCUT2D eigenvalue weighted by Crippen LogP contribution is -2.18.